The van der Waals surface area contributed by atoms with E-state index in [1.807, 2.05) is 44.2 Å². The van der Waals surface area contributed by atoms with E-state index >= 15 is 0 Å². The normalized spacial score (nSPS) is 11.0. The van der Waals surface area contributed by atoms with Crippen molar-refractivity contribution in [2.24, 2.45) is 0 Å². The smallest absolute Gasteiger partial charge is 0.234 e. The Labute approximate surface area is 134 Å². The van der Waals surface area contributed by atoms with E-state index in [-0.39, 0.29) is 17.5 Å². The molecule has 0 aliphatic carbocycles. The summed E-state index contributed by atoms with van der Waals surface area (Å²) in [5.41, 5.74) is 0.586. The number of carbonyl (C=O) groups excluding carboxylic acids is 2. The van der Waals surface area contributed by atoms with Crippen molar-refractivity contribution < 1.29 is 14.0 Å². The minimum Gasteiger partial charge on any atom is -0.325 e. The molecule has 0 saturated carbocycles. The monoisotopic (exact) mass is 314 g/mol. The van der Waals surface area contributed by atoms with Gasteiger partial charge in [0, 0.05) is 12.6 Å². The van der Waals surface area contributed by atoms with Gasteiger partial charge in [-0.15, -0.1) is 0 Å². The maximum atomic E-state index is 13.6. The summed E-state index contributed by atoms with van der Waals surface area (Å²) in [4.78, 5) is 23.6. The van der Waals surface area contributed by atoms with Crippen LogP contribution in [0.4, 0.5) is 15.8 Å². The predicted molar refractivity (Wildman–Crippen MR) is 88.8 cm³/mol. The van der Waals surface area contributed by atoms with Crippen molar-refractivity contribution in [3.63, 3.8) is 0 Å². The van der Waals surface area contributed by atoms with Crippen LogP contribution in [-0.4, -0.2) is 11.8 Å². The third-order valence-electron chi connectivity index (χ3n) is 3.60. The second kappa shape index (κ2) is 6.60. The van der Waals surface area contributed by atoms with E-state index in [4.69, 9.17) is 0 Å². The Hall–Kier alpha value is -2.69. The van der Waals surface area contributed by atoms with Crippen molar-refractivity contribution in [2.45, 2.75) is 26.2 Å². The first-order valence-electron chi connectivity index (χ1n) is 7.25. The topological polar surface area (TPSA) is 58.2 Å². The second-order valence-corrected chi connectivity index (χ2v) is 5.82. The lowest BCUT2D eigenvalue weighted by Crippen LogP contribution is -2.34. The Morgan fingerprint density at radius 2 is 1.65 bits per heavy atom. The van der Waals surface area contributed by atoms with E-state index in [1.165, 1.54) is 25.1 Å². The summed E-state index contributed by atoms with van der Waals surface area (Å²) >= 11 is 0. The van der Waals surface area contributed by atoms with Crippen molar-refractivity contribution in [3.05, 3.63) is 59.9 Å². The summed E-state index contributed by atoms with van der Waals surface area (Å²) in [5.74, 6) is -1.15. The summed E-state index contributed by atoms with van der Waals surface area (Å²) in [5, 5.41) is 5.16. The third kappa shape index (κ3) is 3.94. The highest BCUT2D eigenvalue weighted by Crippen LogP contribution is 2.26. The molecule has 0 bridgehead atoms. The van der Waals surface area contributed by atoms with Crippen LogP contribution in [0.2, 0.25) is 0 Å². The van der Waals surface area contributed by atoms with Crippen LogP contribution in [0.5, 0.6) is 0 Å². The zero-order valence-electron chi connectivity index (χ0n) is 13.3. The van der Waals surface area contributed by atoms with Gasteiger partial charge in [-0.3, -0.25) is 9.59 Å². The van der Waals surface area contributed by atoms with Gasteiger partial charge in [0.1, 0.15) is 5.82 Å². The first-order valence-corrected chi connectivity index (χ1v) is 7.25. The fourth-order valence-electron chi connectivity index (χ4n) is 2.16. The number of nitrogens with one attached hydrogen (secondary N) is 2. The van der Waals surface area contributed by atoms with Crippen LogP contribution in [0, 0.1) is 5.82 Å². The highest BCUT2D eigenvalue weighted by Gasteiger charge is 2.29. The molecule has 4 nitrogen and oxygen atoms in total. The Balaban J connectivity index is 2.21. The maximum absolute atomic E-state index is 13.6. The Morgan fingerprint density at radius 1 is 1.00 bits per heavy atom. The van der Waals surface area contributed by atoms with Gasteiger partial charge in [0.25, 0.3) is 0 Å². The van der Waals surface area contributed by atoms with Crippen molar-refractivity contribution in [1.29, 1.82) is 0 Å². The minimum atomic E-state index is -0.746. The van der Waals surface area contributed by atoms with E-state index < -0.39 is 11.2 Å². The van der Waals surface area contributed by atoms with Crippen LogP contribution in [0.15, 0.2) is 48.5 Å². The van der Waals surface area contributed by atoms with Gasteiger partial charge in [-0.1, -0.05) is 30.3 Å². The van der Waals surface area contributed by atoms with Gasteiger partial charge in [-0.05, 0) is 37.6 Å². The van der Waals surface area contributed by atoms with Crippen LogP contribution in [-0.2, 0) is 15.0 Å². The van der Waals surface area contributed by atoms with E-state index in [9.17, 15) is 14.0 Å². The lowest BCUT2D eigenvalue weighted by molar-refractivity contribution is -0.120. The number of halogens is 1. The van der Waals surface area contributed by atoms with Crippen molar-refractivity contribution in [2.75, 3.05) is 10.6 Å². The minimum absolute atomic E-state index is 0.0350. The average Bonchev–Trinajstić information content (AvgIpc) is 2.51. The average molecular weight is 314 g/mol. The second-order valence-electron chi connectivity index (χ2n) is 5.82. The summed E-state index contributed by atoms with van der Waals surface area (Å²) in [6.07, 6.45) is 0. The van der Waals surface area contributed by atoms with Gasteiger partial charge in [-0.2, -0.15) is 0 Å². The van der Waals surface area contributed by atoms with E-state index in [2.05, 4.69) is 10.6 Å². The van der Waals surface area contributed by atoms with Crippen LogP contribution < -0.4 is 10.6 Å². The summed E-state index contributed by atoms with van der Waals surface area (Å²) in [6, 6.07) is 13.5. The van der Waals surface area contributed by atoms with Gasteiger partial charge in [0.05, 0.1) is 11.1 Å². The number of hydrogen-bond donors (Lipinski definition) is 2. The Kier molecular flexibility index (Phi) is 4.79. The number of anilines is 2. The molecule has 2 aromatic rings. The Bertz CT molecular complexity index is 727. The predicted octanol–water partition coefficient (Wildman–Crippen LogP) is 3.70. The van der Waals surface area contributed by atoms with Gasteiger partial charge in [0.15, 0.2) is 0 Å². The summed E-state index contributed by atoms with van der Waals surface area (Å²) in [6.45, 7) is 4.93. The molecule has 0 unspecified atom stereocenters. The molecule has 2 N–H and O–H groups in total. The maximum Gasteiger partial charge on any atom is 0.234 e. The fourth-order valence-corrected chi connectivity index (χ4v) is 2.16. The molecule has 0 aliphatic rings. The molecule has 0 heterocycles. The number of hydrogen-bond acceptors (Lipinski definition) is 2. The molecule has 2 aromatic carbocycles. The number of amides is 2. The zero-order valence-corrected chi connectivity index (χ0v) is 13.3. The van der Waals surface area contributed by atoms with E-state index in [1.54, 1.807) is 0 Å². The molecule has 0 fully saturated rings. The molecular formula is C18H19FN2O2. The highest BCUT2D eigenvalue weighted by atomic mass is 19.1. The summed E-state index contributed by atoms with van der Waals surface area (Å²) in [7, 11) is 0. The van der Waals surface area contributed by atoms with Gasteiger partial charge < -0.3 is 10.6 Å². The van der Waals surface area contributed by atoms with Crippen LogP contribution >= 0.6 is 0 Å². The SMILES string of the molecule is CC(=O)Nc1cc(NC(=O)C(C)(C)c2ccccc2)ccc1F. The molecule has 0 saturated heterocycles. The molecular weight excluding hydrogens is 295 g/mol. The van der Waals surface area contributed by atoms with Gasteiger partial charge in [-0.25, -0.2) is 4.39 Å². The van der Waals surface area contributed by atoms with E-state index in [0.29, 0.717) is 5.69 Å². The molecule has 5 heteroatoms. The molecule has 120 valence electrons. The first kappa shape index (κ1) is 16.7. The van der Waals surface area contributed by atoms with Crippen LogP contribution in [0.25, 0.3) is 0 Å². The van der Waals surface area contributed by atoms with E-state index in [0.717, 1.165) is 5.56 Å². The highest BCUT2D eigenvalue weighted by molar-refractivity contribution is 5.99. The zero-order chi connectivity index (χ0) is 17.0. The molecule has 0 radical (unpaired) electrons. The fraction of sp³-hybridized carbons (Fsp3) is 0.222. The lowest BCUT2D eigenvalue weighted by Gasteiger charge is -2.24. The standard InChI is InChI=1S/C18H19FN2O2/c1-12(22)20-16-11-14(9-10-15(16)19)21-17(23)18(2,3)13-7-5-4-6-8-13/h4-11H,1-3H3,(H,20,22)(H,21,23). The van der Waals surface area contributed by atoms with Gasteiger partial charge >= 0.3 is 0 Å². The molecule has 0 aromatic heterocycles. The molecule has 0 atom stereocenters. The number of benzene rings is 2. The molecule has 2 amide bonds. The third-order valence-corrected chi connectivity index (χ3v) is 3.60. The summed E-state index contributed by atoms with van der Waals surface area (Å²) < 4.78 is 13.6. The number of carbonyl (C=O) groups is 2. The molecule has 0 spiro atoms. The van der Waals surface area contributed by atoms with Gasteiger partial charge in [0.2, 0.25) is 11.8 Å². The first-order chi connectivity index (χ1) is 10.8. The number of rotatable bonds is 4. The molecule has 2 rings (SSSR count). The van der Waals surface area contributed by atoms with Crippen molar-refractivity contribution in [1.82, 2.24) is 0 Å². The lowest BCUT2D eigenvalue weighted by atomic mass is 9.83. The van der Waals surface area contributed by atoms with Crippen LogP contribution in [0.3, 0.4) is 0 Å². The largest absolute Gasteiger partial charge is 0.325 e. The Morgan fingerprint density at radius 3 is 2.26 bits per heavy atom. The van der Waals surface area contributed by atoms with Crippen molar-refractivity contribution in [3.8, 4) is 0 Å². The quantitative estimate of drug-likeness (QED) is 0.904. The van der Waals surface area contributed by atoms with Crippen LogP contribution in [0.1, 0.15) is 26.3 Å². The molecule has 0 aliphatic heterocycles. The molecule has 23 heavy (non-hydrogen) atoms. The van der Waals surface area contributed by atoms with Crippen molar-refractivity contribution >= 4 is 23.2 Å².